The Morgan fingerprint density at radius 3 is 2.64 bits per heavy atom. The van der Waals surface area contributed by atoms with Crippen molar-refractivity contribution in [2.24, 2.45) is 0 Å². The van der Waals surface area contributed by atoms with Gasteiger partial charge in [0.25, 0.3) is 0 Å². The van der Waals surface area contributed by atoms with Crippen LogP contribution in [-0.4, -0.2) is 39.1 Å². The van der Waals surface area contributed by atoms with Crippen LogP contribution in [0.25, 0.3) is 0 Å². The normalized spacial score (nSPS) is 10.2. The summed E-state index contributed by atoms with van der Waals surface area (Å²) in [6, 6.07) is 9.90. The molecule has 7 nitrogen and oxygen atoms in total. The van der Waals surface area contributed by atoms with Crippen LogP contribution in [0.1, 0.15) is 11.3 Å². The highest BCUT2D eigenvalue weighted by molar-refractivity contribution is 7.81. The van der Waals surface area contributed by atoms with Crippen molar-refractivity contribution in [2.45, 2.75) is 13.1 Å². The van der Waals surface area contributed by atoms with Crippen LogP contribution in [0.3, 0.4) is 0 Å². The summed E-state index contributed by atoms with van der Waals surface area (Å²) in [6.45, 7) is 0.821. The molecule has 0 atom stereocenters. The Balaban J connectivity index is 1.77. The van der Waals surface area contributed by atoms with E-state index in [9.17, 15) is 9.59 Å². The topological polar surface area (TPSA) is 88.9 Å². The van der Waals surface area contributed by atoms with Crippen molar-refractivity contribution in [1.29, 1.82) is 0 Å². The van der Waals surface area contributed by atoms with E-state index in [1.807, 2.05) is 30.3 Å². The van der Waals surface area contributed by atoms with Crippen LogP contribution in [0.2, 0.25) is 0 Å². The molecule has 2 amide bonds. The zero-order valence-electron chi connectivity index (χ0n) is 11.9. The van der Waals surface area contributed by atoms with Crippen molar-refractivity contribution in [3.63, 3.8) is 0 Å². The Labute approximate surface area is 133 Å². The monoisotopic (exact) mass is 319 g/mol. The number of hydrogen-bond acceptors (Lipinski definition) is 5. The summed E-state index contributed by atoms with van der Waals surface area (Å²) < 4.78 is 1.71. The molecule has 0 aliphatic carbocycles. The van der Waals surface area contributed by atoms with E-state index < -0.39 is 0 Å². The second-order valence-electron chi connectivity index (χ2n) is 4.60. The van der Waals surface area contributed by atoms with Crippen LogP contribution in [0.5, 0.6) is 0 Å². The number of carbonyl (C=O) groups excluding carboxylic acids is 2. The molecule has 0 aliphatic heterocycles. The lowest BCUT2D eigenvalue weighted by molar-refractivity contribution is -0.124. The molecule has 1 aromatic carbocycles. The first-order valence-electron chi connectivity index (χ1n) is 6.74. The molecular weight excluding hydrogens is 302 g/mol. The Hall–Kier alpha value is -2.35. The first-order chi connectivity index (χ1) is 10.7. The summed E-state index contributed by atoms with van der Waals surface area (Å²) in [5, 5.41) is 13.1. The predicted molar refractivity (Wildman–Crippen MR) is 84.3 cm³/mol. The first-order valence-corrected chi connectivity index (χ1v) is 7.38. The van der Waals surface area contributed by atoms with Gasteiger partial charge in [0.05, 0.1) is 31.6 Å². The van der Waals surface area contributed by atoms with Gasteiger partial charge in [-0.25, -0.2) is 4.68 Å². The zero-order valence-corrected chi connectivity index (χ0v) is 12.8. The second-order valence-corrected chi connectivity index (χ2v) is 4.92. The molecule has 1 heterocycles. The molecule has 2 rings (SSSR count). The van der Waals surface area contributed by atoms with E-state index in [0.717, 1.165) is 5.56 Å². The second kappa shape index (κ2) is 8.18. The van der Waals surface area contributed by atoms with Crippen molar-refractivity contribution in [2.75, 3.05) is 12.3 Å². The molecule has 0 saturated carbocycles. The Bertz CT molecular complexity index is 629. The fourth-order valence-corrected chi connectivity index (χ4v) is 1.87. The van der Waals surface area contributed by atoms with E-state index in [4.69, 9.17) is 0 Å². The lowest BCUT2D eigenvalue weighted by Gasteiger charge is -2.04. The number of nitrogens with one attached hydrogen (secondary N) is 2. The number of amides is 2. The third-order valence-corrected chi connectivity index (χ3v) is 3.12. The van der Waals surface area contributed by atoms with Crippen molar-refractivity contribution < 1.29 is 9.59 Å². The summed E-state index contributed by atoms with van der Waals surface area (Å²) in [5.41, 5.74) is 1.78. The Kier molecular flexibility index (Phi) is 5.96. The minimum atomic E-state index is -0.285. The molecule has 8 heteroatoms. The van der Waals surface area contributed by atoms with Crippen LogP contribution in [0.4, 0.5) is 0 Å². The number of aromatic nitrogens is 3. The molecule has 0 aliphatic rings. The van der Waals surface area contributed by atoms with Gasteiger partial charge in [-0.3, -0.25) is 9.59 Å². The largest absolute Gasteiger partial charge is 0.349 e. The zero-order chi connectivity index (χ0) is 15.8. The van der Waals surface area contributed by atoms with Crippen molar-refractivity contribution >= 4 is 24.4 Å². The van der Waals surface area contributed by atoms with E-state index in [0.29, 0.717) is 12.2 Å². The number of thiol groups is 1. The molecule has 0 bridgehead atoms. The van der Waals surface area contributed by atoms with Crippen LogP contribution < -0.4 is 10.6 Å². The van der Waals surface area contributed by atoms with Crippen LogP contribution in [0, 0.1) is 0 Å². The average Bonchev–Trinajstić information content (AvgIpc) is 2.99. The lowest BCUT2D eigenvalue weighted by Crippen LogP contribution is -2.37. The maximum absolute atomic E-state index is 11.5. The van der Waals surface area contributed by atoms with Gasteiger partial charge in [0.1, 0.15) is 5.69 Å². The number of nitrogens with zero attached hydrogens (tertiary/aromatic N) is 3. The van der Waals surface area contributed by atoms with E-state index in [2.05, 4.69) is 33.6 Å². The number of rotatable bonds is 7. The predicted octanol–water partition coefficient (Wildman–Crippen LogP) is -0.0114. The Morgan fingerprint density at radius 1 is 1.14 bits per heavy atom. The molecule has 0 spiro atoms. The van der Waals surface area contributed by atoms with Gasteiger partial charge in [0.2, 0.25) is 11.8 Å². The molecule has 0 unspecified atom stereocenters. The van der Waals surface area contributed by atoms with E-state index in [-0.39, 0.29) is 30.7 Å². The van der Waals surface area contributed by atoms with Gasteiger partial charge in [-0.1, -0.05) is 35.5 Å². The van der Waals surface area contributed by atoms with Crippen LogP contribution in [-0.2, 0) is 22.7 Å². The third-order valence-electron chi connectivity index (χ3n) is 2.83. The van der Waals surface area contributed by atoms with Crippen LogP contribution in [0.15, 0.2) is 36.5 Å². The van der Waals surface area contributed by atoms with Gasteiger partial charge in [0.15, 0.2) is 0 Å². The summed E-state index contributed by atoms with van der Waals surface area (Å²) in [5.74, 6) is -0.513. The fraction of sp³-hybridized carbons (Fsp3) is 0.286. The highest BCUT2D eigenvalue weighted by atomic mass is 32.1. The summed E-state index contributed by atoms with van der Waals surface area (Å²) >= 11 is 3.81. The van der Waals surface area contributed by atoms with Crippen molar-refractivity contribution in [1.82, 2.24) is 25.6 Å². The molecule has 22 heavy (non-hydrogen) atoms. The van der Waals surface area contributed by atoms with Gasteiger partial charge in [-0.2, -0.15) is 12.6 Å². The molecule has 2 N–H and O–H groups in total. The summed E-state index contributed by atoms with van der Waals surface area (Å²) in [6.07, 6.45) is 1.78. The minimum absolute atomic E-state index is 0.0566. The van der Waals surface area contributed by atoms with E-state index in [1.165, 1.54) is 0 Å². The minimum Gasteiger partial charge on any atom is -0.349 e. The maximum Gasteiger partial charge on any atom is 0.239 e. The Morgan fingerprint density at radius 2 is 1.91 bits per heavy atom. The standard InChI is InChI=1S/C14H17N5O2S/c20-13(7-16-14(21)10-22)15-6-12-9-19(18-17-12)8-11-4-2-1-3-5-11/h1-5,9,22H,6-8,10H2,(H,15,20)(H,16,21). The highest BCUT2D eigenvalue weighted by Crippen LogP contribution is 2.02. The number of carbonyl (C=O) groups is 2. The highest BCUT2D eigenvalue weighted by Gasteiger charge is 2.06. The molecule has 0 fully saturated rings. The molecule has 0 radical (unpaired) electrons. The summed E-state index contributed by atoms with van der Waals surface area (Å²) in [7, 11) is 0. The van der Waals surface area contributed by atoms with E-state index >= 15 is 0 Å². The van der Waals surface area contributed by atoms with E-state index in [1.54, 1.807) is 10.9 Å². The quantitative estimate of drug-likeness (QED) is 0.626. The van der Waals surface area contributed by atoms with Gasteiger partial charge >= 0.3 is 0 Å². The summed E-state index contributed by atoms with van der Waals surface area (Å²) in [4.78, 5) is 22.5. The molecule has 1 aromatic heterocycles. The average molecular weight is 319 g/mol. The molecule has 2 aromatic rings. The number of hydrogen-bond donors (Lipinski definition) is 3. The third kappa shape index (κ3) is 5.21. The van der Waals surface area contributed by atoms with Gasteiger partial charge in [-0.15, -0.1) is 5.10 Å². The van der Waals surface area contributed by atoms with Gasteiger partial charge in [-0.05, 0) is 5.56 Å². The van der Waals surface area contributed by atoms with Crippen molar-refractivity contribution in [3.05, 3.63) is 47.8 Å². The maximum atomic E-state index is 11.5. The van der Waals surface area contributed by atoms with Crippen LogP contribution >= 0.6 is 12.6 Å². The van der Waals surface area contributed by atoms with Gasteiger partial charge in [0, 0.05) is 0 Å². The SMILES string of the molecule is O=C(CS)NCC(=O)NCc1cn(Cc2ccccc2)nn1. The fourth-order valence-electron chi connectivity index (χ4n) is 1.75. The van der Waals surface area contributed by atoms with Gasteiger partial charge < -0.3 is 10.6 Å². The first kappa shape index (κ1) is 16.0. The molecule has 116 valence electrons. The lowest BCUT2D eigenvalue weighted by atomic mass is 10.2. The number of benzene rings is 1. The van der Waals surface area contributed by atoms with Crippen molar-refractivity contribution in [3.8, 4) is 0 Å². The molecular formula is C14H17N5O2S. The molecule has 0 saturated heterocycles. The smallest absolute Gasteiger partial charge is 0.239 e.